The molecule has 0 saturated heterocycles. The van der Waals surface area contributed by atoms with Gasteiger partial charge in [-0.2, -0.15) is 10.2 Å². The number of carbonyl (C=O) groups excluding carboxylic acids is 1. The number of nitrogens with one attached hydrogen (secondary N) is 1. The molecule has 0 aliphatic heterocycles. The lowest BCUT2D eigenvalue weighted by atomic mass is 10.1. The van der Waals surface area contributed by atoms with Gasteiger partial charge in [-0.3, -0.25) is 9.48 Å². The van der Waals surface area contributed by atoms with Crippen molar-refractivity contribution in [2.45, 2.75) is 39.8 Å². The SMILES string of the molecule is Cc1ccc(-c2nn(C(C)(C)CNC(=O)c3cc(C)nn3Cc3ccc(F)cc3)c3ncnc(N)c23)cc1. The van der Waals surface area contributed by atoms with E-state index in [2.05, 4.69) is 20.4 Å². The van der Waals surface area contributed by atoms with Crippen molar-refractivity contribution < 1.29 is 9.18 Å². The van der Waals surface area contributed by atoms with Gasteiger partial charge in [-0.05, 0) is 51.5 Å². The van der Waals surface area contributed by atoms with Crippen LogP contribution in [0.4, 0.5) is 10.2 Å². The summed E-state index contributed by atoms with van der Waals surface area (Å²) in [6.45, 7) is 8.40. The van der Waals surface area contributed by atoms with Crippen molar-refractivity contribution in [3.8, 4) is 11.3 Å². The van der Waals surface area contributed by atoms with Crippen LogP contribution < -0.4 is 11.1 Å². The van der Waals surface area contributed by atoms with Crippen LogP contribution in [0.15, 0.2) is 60.9 Å². The zero-order valence-electron chi connectivity index (χ0n) is 21.7. The molecule has 0 atom stereocenters. The molecule has 0 bridgehead atoms. The van der Waals surface area contributed by atoms with Gasteiger partial charge in [0, 0.05) is 12.1 Å². The van der Waals surface area contributed by atoms with Crippen LogP contribution in [-0.4, -0.2) is 42.0 Å². The van der Waals surface area contributed by atoms with Gasteiger partial charge in [-0.15, -0.1) is 0 Å². The summed E-state index contributed by atoms with van der Waals surface area (Å²) >= 11 is 0. The van der Waals surface area contributed by atoms with Crippen molar-refractivity contribution in [1.82, 2.24) is 34.8 Å². The van der Waals surface area contributed by atoms with E-state index in [4.69, 9.17) is 10.8 Å². The minimum absolute atomic E-state index is 0.265. The quantitative estimate of drug-likeness (QED) is 0.337. The summed E-state index contributed by atoms with van der Waals surface area (Å²) in [7, 11) is 0. The van der Waals surface area contributed by atoms with Gasteiger partial charge >= 0.3 is 0 Å². The van der Waals surface area contributed by atoms with Crippen LogP contribution in [0.1, 0.15) is 41.2 Å². The topological polar surface area (TPSA) is 117 Å². The summed E-state index contributed by atoms with van der Waals surface area (Å²) < 4.78 is 16.7. The van der Waals surface area contributed by atoms with Crippen LogP contribution >= 0.6 is 0 Å². The Morgan fingerprint density at radius 1 is 1.03 bits per heavy atom. The third-order valence-corrected chi connectivity index (χ3v) is 6.45. The maximum Gasteiger partial charge on any atom is 0.269 e. The van der Waals surface area contributed by atoms with E-state index < -0.39 is 5.54 Å². The lowest BCUT2D eigenvalue weighted by Crippen LogP contribution is -2.42. The number of nitrogens with two attached hydrogens (primary N) is 1. The second-order valence-electron chi connectivity index (χ2n) is 10.0. The van der Waals surface area contributed by atoms with Gasteiger partial charge in [0.25, 0.3) is 5.91 Å². The van der Waals surface area contributed by atoms with Crippen molar-refractivity contribution in [1.29, 1.82) is 0 Å². The smallest absolute Gasteiger partial charge is 0.269 e. The van der Waals surface area contributed by atoms with Crippen molar-refractivity contribution in [2.75, 3.05) is 12.3 Å². The molecule has 5 aromatic rings. The van der Waals surface area contributed by atoms with Crippen LogP contribution in [-0.2, 0) is 12.1 Å². The van der Waals surface area contributed by atoms with E-state index in [9.17, 15) is 9.18 Å². The number of hydrogen-bond donors (Lipinski definition) is 2. The molecule has 3 N–H and O–H groups in total. The zero-order chi connectivity index (χ0) is 27.0. The molecule has 0 radical (unpaired) electrons. The molecule has 5 rings (SSSR count). The van der Waals surface area contributed by atoms with E-state index in [1.54, 1.807) is 27.6 Å². The Morgan fingerprint density at radius 3 is 2.45 bits per heavy atom. The summed E-state index contributed by atoms with van der Waals surface area (Å²) in [6.07, 6.45) is 1.42. The van der Waals surface area contributed by atoms with E-state index in [-0.39, 0.29) is 18.3 Å². The number of carbonyl (C=O) groups is 1. The highest BCUT2D eigenvalue weighted by molar-refractivity contribution is 5.98. The molecule has 0 aliphatic carbocycles. The minimum atomic E-state index is -0.658. The molecule has 1 amide bonds. The predicted octanol–water partition coefficient (Wildman–Crippen LogP) is 4.24. The van der Waals surface area contributed by atoms with E-state index in [1.165, 1.54) is 18.5 Å². The van der Waals surface area contributed by atoms with Crippen LogP contribution in [0.2, 0.25) is 0 Å². The highest BCUT2D eigenvalue weighted by atomic mass is 19.1. The van der Waals surface area contributed by atoms with Crippen molar-refractivity contribution in [2.24, 2.45) is 0 Å². The largest absolute Gasteiger partial charge is 0.383 e. The number of rotatable bonds is 7. The zero-order valence-corrected chi connectivity index (χ0v) is 21.7. The Bertz CT molecular complexity index is 1620. The van der Waals surface area contributed by atoms with Crippen LogP contribution in [0.25, 0.3) is 22.3 Å². The van der Waals surface area contributed by atoms with Crippen LogP contribution in [0, 0.1) is 19.7 Å². The number of nitrogen functional groups attached to an aromatic ring is 1. The molecule has 194 valence electrons. The molecule has 0 unspecified atom stereocenters. The third kappa shape index (κ3) is 4.84. The second kappa shape index (κ2) is 9.70. The summed E-state index contributed by atoms with van der Waals surface area (Å²) in [5.74, 6) is -0.240. The first kappa shape index (κ1) is 25.1. The summed E-state index contributed by atoms with van der Waals surface area (Å²) in [5, 5.41) is 13.0. The van der Waals surface area contributed by atoms with Gasteiger partial charge in [-0.1, -0.05) is 42.0 Å². The van der Waals surface area contributed by atoms with Crippen LogP contribution in [0.3, 0.4) is 0 Å². The molecule has 2 aromatic carbocycles. The molecular weight excluding hydrogens is 483 g/mol. The van der Waals surface area contributed by atoms with Gasteiger partial charge in [0.15, 0.2) is 5.65 Å². The normalized spacial score (nSPS) is 11.7. The monoisotopic (exact) mass is 512 g/mol. The first-order valence-electron chi connectivity index (χ1n) is 12.3. The van der Waals surface area contributed by atoms with Crippen molar-refractivity contribution >= 4 is 22.8 Å². The lowest BCUT2D eigenvalue weighted by molar-refractivity contribution is 0.0926. The summed E-state index contributed by atoms with van der Waals surface area (Å²) in [6, 6.07) is 15.9. The predicted molar refractivity (Wildman–Crippen MR) is 144 cm³/mol. The van der Waals surface area contributed by atoms with Crippen molar-refractivity contribution in [3.63, 3.8) is 0 Å². The van der Waals surface area contributed by atoms with Gasteiger partial charge in [-0.25, -0.2) is 19.0 Å². The number of halogens is 1. The fraction of sp³-hybridized carbons (Fsp3) is 0.250. The van der Waals surface area contributed by atoms with Gasteiger partial charge in [0.1, 0.15) is 29.4 Å². The number of hydrogen-bond acceptors (Lipinski definition) is 6. The highest BCUT2D eigenvalue weighted by Crippen LogP contribution is 2.33. The molecule has 3 aromatic heterocycles. The van der Waals surface area contributed by atoms with E-state index in [0.717, 1.165) is 16.7 Å². The number of aromatic nitrogens is 6. The molecular formula is C28H29FN8O. The van der Waals surface area contributed by atoms with Gasteiger partial charge < -0.3 is 11.1 Å². The van der Waals surface area contributed by atoms with E-state index in [1.807, 2.05) is 52.0 Å². The minimum Gasteiger partial charge on any atom is -0.383 e. The number of benzene rings is 2. The molecule has 0 aliphatic rings. The highest BCUT2D eigenvalue weighted by Gasteiger charge is 2.29. The molecule has 0 saturated carbocycles. The molecule has 38 heavy (non-hydrogen) atoms. The lowest BCUT2D eigenvalue weighted by Gasteiger charge is -2.26. The Labute approximate surface area is 219 Å². The first-order chi connectivity index (χ1) is 18.1. The van der Waals surface area contributed by atoms with E-state index >= 15 is 0 Å². The van der Waals surface area contributed by atoms with E-state index in [0.29, 0.717) is 40.5 Å². The standard InChI is InChI=1S/C28H29FN8O/c1-17-5-9-20(10-6-17)24-23-25(30)32-16-33-26(23)37(35-24)28(3,4)15-31-27(38)22-13-18(2)34-36(22)14-19-7-11-21(29)12-8-19/h5-13,16H,14-15H2,1-4H3,(H,31,38)(H2,30,32,33). The first-order valence-corrected chi connectivity index (χ1v) is 12.3. The average molecular weight is 513 g/mol. The maximum atomic E-state index is 13.3. The molecule has 0 fully saturated rings. The summed E-state index contributed by atoms with van der Waals surface area (Å²) in [5.41, 5.74) is 10.9. The molecule has 3 heterocycles. The second-order valence-corrected chi connectivity index (χ2v) is 10.0. The average Bonchev–Trinajstić information content (AvgIpc) is 3.46. The Hall–Kier alpha value is -4.60. The van der Waals surface area contributed by atoms with Gasteiger partial charge in [0.2, 0.25) is 0 Å². The fourth-order valence-corrected chi connectivity index (χ4v) is 4.38. The number of amides is 1. The summed E-state index contributed by atoms with van der Waals surface area (Å²) in [4.78, 5) is 21.9. The number of fused-ring (bicyclic) bond motifs is 1. The molecule has 10 heteroatoms. The molecule has 9 nitrogen and oxygen atoms in total. The Balaban J connectivity index is 1.42. The fourth-order valence-electron chi connectivity index (χ4n) is 4.38. The van der Waals surface area contributed by atoms with Crippen molar-refractivity contribution in [3.05, 3.63) is 89.3 Å². The maximum absolute atomic E-state index is 13.3. The third-order valence-electron chi connectivity index (χ3n) is 6.45. The Kier molecular flexibility index (Phi) is 6.40. The van der Waals surface area contributed by atoms with Gasteiger partial charge in [0.05, 0.1) is 23.2 Å². The number of aryl methyl sites for hydroxylation is 2. The van der Waals surface area contributed by atoms with Crippen LogP contribution in [0.5, 0.6) is 0 Å². The number of nitrogens with zero attached hydrogens (tertiary/aromatic N) is 6. The number of anilines is 1. The Morgan fingerprint density at radius 2 is 1.74 bits per heavy atom. The molecule has 0 spiro atoms.